The number of halogens is 3. The average Bonchev–Trinajstić information content (AvgIpc) is 3.13. The molecule has 1 saturated carbocycles. The number of hydrogen-bond donors (Lipinski definition) is 2. The molecule has 0 radical (unpaired) electrons. The zero-order chi connectivity index (χ0) is 23.3. The predicted molar refractivity (Wildman–Crippen MR) is 108 cm³/mol. The highest BCUT2D eigenvalue weighted by molar-refractivity contribution is 7.91. The predicted octanol–water partition coefficient (Wildman–Crippen LogP) is 4.35. The van der Waals surface area contributed by atoms with Crippen molar-refractivity contribution in [1.29, 1.82) is 0 Å². The number of rotatable bonds is 7. The highest BCUT2D eigenvalue weighted by atomic mass is 32.2. The van der Waals surface area contributed by atoms with Gasteiger partial charge in [-0.25, -0.2) is 8.42 Å². The number of benzene rings is 1. The third-order valence-corrected chi connectivity index (χ3v) is 8.60. The van der Waals surface area contributed by atoms with Crippen molar-refractivity contribution in [2.45, 2.75) is 35.2 Å². The lowest BCUT2D eigenvalue weighted by Gasteiger charge is -2.15. The lowest BCUT2D eigenvalue weighted by atomic mass is 10.1. The van der Waals surface area contributed by atoms with Gasteiger partial charge in [-0.2, -0.15) is 17.9 Å². The maximum Gasteiger partial charge on any atom is 0.452 e. The molecule has 2 heterocycles. The molecule has 12 heteroatoms. The maximum atomic E-state index is 13.1. The van der Waals surface area contributed by atoms with Crippen LogP contribution in [0.3, 0.4) is 0 Å². The molecule has 3 atom stereocenters. The van der Waals surface area contributed by atoms with Gasteiger partial charge in [0.05, 0.1) is 4.88 Å². The van der Waals surface area contributed by atoms with Gasteiger partial charge in [0.25, 0.3) is 10.0 Å². The standard InChI is InChI=1S/C20H17F3N2O5S2/c1-2-12-17(11-6-4-3-5-7-11)19(12,18(26)27)25-32(28,29)16-9-8-14(31-16)13-10-15(30-24-13)20(21,22)23/h3-10,12,17,25H,2H2,1H3,(H,26,27). The first-order valence-electron chi connectivity index (χ1n) is 9.47. The molecular formula is C20H17F3N2O5S2. The van der Waals surface area contributed by atoms with E-state index in [4.69, 9.17) is 0 Å². The van der Waals surface area contributed by atoms with Crippen LogP contribution in [0.2, 0.25) is 0 Å². The smallest absolute Gasteiger partial charge is 0.452 e. The zero-order valence-electron chi connectivity index (χ0n) is 16.5. The Labute approximate surface area is 184 Å². The fourth-order valence-corrected chi connectivity index (χ4v) is 6.73. The first-order valence-corrected chi connectivity index (χ1v) is 11.8. The molecule has 3 unspecified atom stereocenters. The van der Waals surface area contributed by atoms with E-state index in [1.807, 2.05) is 0 Å². The van der Waals surface area contributed by atoms with Gasteiger partial charge in [-0.3, -0.25) is 4.79 Å². The molecule has 1 aromatic carbocycles. The fourth-order valence-electron chi connectivity index (χ4n) is 4.05. The van der Waals surface area contributed by atoms with E-state index >= 15 is 0 Å². The Morgan fingerprint density at radius 1 is 1.25 bits per heavy atom. The molecule has 1 fully saturated rings. The van der Waals surface area contributed by atoms with Crippen molar-refractivity contribution >= 4 is 27.3 Å². The van der Waals surface area contributed by atoms with Gasteiger partial charge in [0.1, 0.15) is 15.4 Å². The van der Waals surface area contributed by atoms with Crippen molar-refractivity contribution in [3.63, 3.8) is 0 Å². The van der Waals surface area contributed by atoms with Crippen molar-refractivity contribution < 1.29 is 36.0 Å². The van der Waals surface area contributed by atoms with E-state index in [0.717, 1.165) is 0 Å². The van der Waals surface area contributed by atoms with E-state index in [-0.39, 0.29) is 14.8 Å². The number of carbonyl (C=O) groups is 1. The van der Waals surface area contributed by atoms with E-state index in [0.29, 0.717) is 29.4 Å². The van der Waals surface area contributed by atoms with Crippen molar-refractivity contribution in [3.8, 4) is 10.6 Å². The summed E-state index contributed by atoms with van der Waals surface area (Å²) < 4.78 is 70.7. The van der Waals surface area contributed by atoms with Crippen LogP contribution in [0.4, 0.5) is 13.2 Å². The third-order valence-electron chi connectivity index (χ3n) is 5.51. The van der Waals surface area contributed by atoms with Crippen molar-refractivity contribution in [2.75, 3.05) is 0 Å². The maximum absolute atomic E-state index is 13.1. The molecule has 4 rings (SSSR count). The van der Waals surface area contributed by atoms with E-state index in [9.17, 15) is 31.5 Å². The Morgan fingerprint density at radius 2 is 1.94 bits per heavy atom. The molecule has 0 aliphatic heterocycles. The molecule has 2 N–H and O–H groups in total. The summed E-state index contributed by atoms with van der Waals surface area (Å²) >= 11 is 0.670. The summed E-state index contributed by atoms with van der Waals surface area (Å²) in [6.07, 6.45) is -4.29. The minimum Gasteiger partial charge on any atom is -0.480 e. The number of nitrogens with zero attached hydrogens (tertiary/aromatic N) is 1. The number of aliphatic carboxylic acids is 1. The Bertz CT molecular complexity index is 1250. The second-order valence-electron chi connectivity index (χ2n) is 7.38. The third kappa shape index (κ3) is 3.71. The lowest BCUT2D eigenvalue weighted by Crippen LogP contribution is -2.45. The number of thiophene rings is 1. The molecule has 1 aliphatic rings. The Balaban J connectivity index is 1.64. The molecule has 0 saturated heterocycles. The molecule has 32 heavy (non-hydrogen) atoms. The van der Waals surface area contributed by atoms with E-state index in [1.54, 1.807) is 37.3 Å². The lowest BCUT2D eigenvalue weighted by molar-refractivity contribution is -0.155. The summed E-state index contributed by atoms with van der Waals surface area (Å²) in [5.41, 5.74) is -1.17. The van der Waals surface area contributed by atoms with Gasteiger partial charge in [-0.1, -0.05) is 48.8 Å². The number of nitrogens with one attached hydrogen (secondary N) is 1. The van der Waals surface area contributed by atoms with Crippen LogP contribution in [0.1, 0.15) is 30.6 Å². The molecular weight excluding hydrogens is 469 g/mol. The van der Waals surface area contributed by atoms with Crippen LogP contribution in [0.5, 0.6) is 0 Å². The quantitative estimate of drug-likeness (QED) is 0.514. The normalized spacial score (nSPS) is 23.2. The highest BCUT2D eigenvalue weighted by Gasteiger charge is 2.71. The van der Waals surface area contributed by atoms with Crippen molar-refractivity contribution in [2.24, 2.45) is 5.92 Å². The second-order valence-corrected chi connectivity index (χ2v) is 10.4. The number of alkyl halides is 3. The van der Waals surface area contributed by atoms with Gasteiger partial charge in [0.15, 0.2) is 0 Å². The molecule has 170 valence electrons. The molecule has 2 aromatic heterocycles. The van der Waals surface area contributed by atoms with E-state index in [2.05, 4.69) is 14.4 Å². The number of sulfonamides is 1. The minimum atomic E-state index is -4.72. The number of carboxylic acids is 1. The number of aromatic nitrogens is 1. The number of hydrogen-bond acceptors (Lipinski definition) is 6. The van der Waals surface area contributed by atoms with Crippen LogP contribution in [-0.2, 0) is 21.0 Å². The van der Waals surface area contributed by atoms with Crippen LogP contribution in [0, 0.1) is 5.92 Å². The molecule has 0 spiro atoms. The first-order chi connectivity index (χ1) is 15.0. The van der Waals surface area contributed by atoms with Crippen LogP contribution >= 0.6 is 11.3 Å². The Hall–Kier alpha value is -2.70. The van der Waals surface area contributed by atoms with Gasteiger partial charge >= 0.3 is 12.1 Å². The van der Waals surface area contributed by atoms with Gasteiger partial charge < -0.3 is 9.63 Å². The monoisotopic (exact) mass is 486 g/mol. The first kappa shape index (κ1) is 22.5. The zero-order valence-corrected chi connectivity index (χ0v) is 18.1. The minimum absolute atomic E-state index is 0.136. The largest absolute Gasteiger partial charge is 0.480 e. The van der Waals surface area contributed by atoms with Crippen molar-refractivity contribution in [1.82, 2.24) is 9.88 Å². The molecule has 0 amide bonds. The molecule has 0 bridgehead atoms. The molecule has 7 nitrogen and oxygen atoms in total. The summed E-state index contributed by atoms with van der Waals surface area (Å²) in [6.45, 7) is 1.78. The van der Waals surface area contributed by atoms with E-state index < -0.39 is 45.3 Å². The highest BCUT2D eigenvalue weighted by Crippen LogP contribution is 2.60. The fraction of sp³-hybridized carbons (Fsp3) is 0.300. The van der Waals surface area contributed by atoms with Gasteiger partial charge in [-0.05, 0) is 23.6 Å². The summed E-state index contributed by atoms with van der Waals surface area (Å²) in [5, 5.41) is 13.3. The van der Waals surface area contributed by atoms with Crippen LogP contribution < -0.4 is 4.72 Å². The SMILES string of the molecule is CCC1C(c2ccccc2)C1(NS(=O)(=O)c1ccc(-c2cc(C(F)(F)F)on2)s1)C(=O)O. The average molecular weight is 486 g/mol. The second kappa shape index (κ2) is 7.71. The van der Waals surface area contributed by atoms with Gasteiger partial charge in [0.2, 0.25) is 5.76 Å². The van der Waals surface area contributed by atoms with Crippen molar-refractivity contribution in [3.05, 3.63) is 59.9 Å². The summed E-state index contributed by atoms with van der Waals surface area (Å²) in [7, 11) is -4.29. The number of carboxylic acid groups (broad SMARTS) is 1. The van der Waals surface area contributed by atoms with E-state index in [1.165, 1.54) is 12.1 Å². The van der Waals surface area contributed by atoms with Gasteiger partial charge in [0, 0.05) is 12.0 Å². The topological polar surface area (TPSA) is 110 Å². The van der Waals surface area contributed by atoms with Crippen LogP contribution in [0.15, 0.2) is 57.3 Å². The Kier molecular flexibility index (Phi) is 5.42. The molecule has 1 aliphatic carbocycles. The van der Waals surface area contributed by atoms with Crippen LogP contribution in [0.25, 0.3) is 10.6 Å². The Morgan fingerprint density at radius 3 is 2.50 bits per heavy atom. The van der Waals surface area contributed by atoms with Gasteiger partial charge in [-0.15, -0.1) is 11.3 Å². The summed E-state index contributed by atoms with van der Waals surface area (Å²) in [6, 6.07) is 11.9. The van der Waals surface area contributed by atoms with Crippen LogP contribution in [-0.4, -0.2) is 30.2 Å². The summed E-state index contributed by atoms with van der Waals surface area (Å²) in [5.74, 6) is -3.60. The summed E-state index contributed by atoms with van der Waals surface area (Å²) in [4.78, 5) is 12.4. The molecule has 3 aromatic rings.